The number of ether oxygens (including phenoxy) is 1. The zero-order valence-corrected chi connectivity index (χ0v) is 12.2. The van der Waals surface area contributed by atoms with Gasteiger partial charge in [-0.05, 0) is 36.6 Å². The monoisotopic (exact) mass is 265 g/mol. The van der Waals surface area contributed by atoms with Crippen molar-refractivity contribution < 1.29 is 9.13 Å². The maximum absolute atomic E-state index is 12.9. The van der Waals surface area contributed by atoms with Crippen molar-refractivity contribution in [3.05, 3.63) is 30.1 Å². The molecule has 19 heavy (non-hydrogen) atoms. The van der Waals surface area contributed by atoms with Crippen LogP contribution in [0.5, 0.6) is 0 Å². The Balaban J connectivity index is 1.88. The van der Waals surface area contributed by atoms with Crippen LogP contribution in [-0.4, -0.2) is 18.8 Å². The number of benzene rings is 1. The number of halogens is 1. The summed E-state index contributed by atoms with van der Waals surface area (Å²) in [5, 5.41) is 3.47. The second-order valence-corrected chi connectivity index (χ2v) is 6.48. The minimum Gasteiger partial charge on any atom is -0.382 e. The van der Waals surface area contributed by atoms with Gasteiger partial charge in [0, 0.05) is 23.8 Å². The second-order valence-electron chi connectivity index (χ2n) is 6.48. The summed E-state index contributed by atoms with van der Waals surface area (Å²) in [4.78, 5) is 0. The summed E-state index contributed by atoms with van der Waals surface area (Å²) in [6.45, 7) is 9.60. The zero-order chi connectivity index (χ0) is 14.0. The fourth-order valence-corrected chi connectivity index (χ4v) is 2.47. The Morgan fingerprint density at radius 1 is 1.32 bits per heavy atom. The number of rotatable bonds is 5. The van der Waals surface area contributed by atoms with Crippen molar-refractivity contribution in [3.63, 3.8) is 0 Å². The highest BCUT2D eigenvalue weighted by molar-refractivity contribution is 5.45. The van der Waals surface area contributed by atoms with Gasteiger partial charge in [-0.15, -0.1) is 0 Å². The third kappa shape index (κ3) is 3.27. The van der Waals surface area contributed by atoms with Crippen LogP contribution in [0.1, 0.15) is 34.1 Å². The molecule has 0 heterocycles. The van der Waals surface area contributed by atoms with Crippen LogP contribution in [0.25, 0.3) is 0 Å². The average Bonchev–Trinajstić information content (AvgIpc) is 2.34. The maximum atomic E-state index is 12.9. The Kier molecular flexibility index (Phi) is 4.14. The van der Waals surface area contributed by atoms with Gasteiger partial charge in [0.05, 0.1) is 6.10 Å². The fraction of sp³-hybridized carbons (Fsp3) is 0.625. The van der Waals surface area contributed by atoms with E-state index in [1.165, 1.54) is 12.1 Å². The smallest absolute Gasteiger partial charge is 0.123 e. The average molecular weight is 265 g/mol. The lowest BCUT2D eigenvalue weighted by atomic mass is 9.64. The van der Waals surface area contributed by atoms with E-state index in [9.17, 15) is 4.39 Å². The summed E-state index contributed by atoms with van der Waals surface area (Å²) in [5.74, 6) is 0.372. The molecule has 0 bridgehead atoms. The molecule has 1 aliphatic carbocycles. The molecule has 1 aromatic carbocycles. The molecular formula is C16H24FNO. The number of hydrogen-bond donors (Lipinski definition) is 1. The molecule has 0 aromatic heterocycles. The first-order chi connectivity index (χ1) is 8.89. The molecule has 0 amide bonds. The molecule has 1 N–H and O–H groups in total. The molecule has 0 spiro atoms. The zero-order valence-electron chi connectivity index (χ0n) is 12.2. The first-order valence-electron chi connectivity index (χ1n) is 7.03. The van der Waals surface area contributed by atoms with Crippen molar-refractivity contribution >= 4 is 5.69 Å². The molecule has 2 rings (SSSR count). The lowest BCUT2D eigenvalue weighted by molar-refractivity contribution is -0.108. The van der Waals surface area contributed by atoms with Crippen LogP contribution in [-0.2, 0) is 4.74 Å². The van der Waals surface area contributed by atoms with E-state index < -0.39 is 0 Å². The van der Waals surface area contributed by atoms with Gasteiger partial charge < -0.3 is 10.1 Å². The Hall–Kier alpha value is -1.09. The molecule has 0 radical (unpaired) electrons. The Bertz CT molecular complexity index is 413. The normalized spacial score (nSPS) is 25.2. The third-order valence-electron chi connectivity index (χ3n) is 3.99. The van der Waals surface area contributed by atoms with E-state index in [0.717, 1.165) is 18.7 Å². The summed E-state index contributed by atoms with van der Waals surface area (Å²) in [5.41, 5.74) is 1.09. The summed E-state index contributed by atoms with van der Waals surface area (Å²) in [6.07, 6.45) is 1.32. The van der Waals surface area contributed by atoms with E-state index in [0.29, 0.717) is 18.1 Å². The Morgan fingerprint density at radius 3 is 2.47 bits per heavy atom. The van der Waals surface area contributed by atoms with E-state index in [2.05, 4.69) is 33.0 Å². The van der Waals surface area contributed by atoms with E-state index in [4.69, 9.17) is 4.74 Å². The minimum absolute atomic E-state index is 0.114. The summed E-state index contributed by atoms with van der Waals surface area (Å²) < 4.78 is 18.8. The molecule has 1 saturated carbocycles. The fourth-order valence-electron chi connectivity index (χ4n) is 2.47. The first-order valence-corrected chi connectivity index (χ1v) is 7.03. The van der Waals surface area contributed by atoms with Crippen molar-refractivity contribution in [1.29, 1.82) is 0 Å². The largest absolute Gasteiger partial charge is 0.382 e. The molecule has 1 aromatic rings. The maximum Gasteiger partial charge on any atom is 0.123 e. The van der Waals surface area contributed by atoms with Gasteiger partial charge >= 0.3 is 0 Å². The molecule has 106 valence electrons. The highest BCUT2D eigenvalue weighted by atomic mass is 19.1. The predicted molar refractivity (Wildman–Crippen MR) is 76.8 cm³/mol. The van der Waals surface area contributed by atoms with E-state index in [-0.39, 0.29) is 11.2 Å². The van der Waals surface area contributed by atoms with Crippen molar-refractivity contribution in [2.75, 3.05) is 11.9 Å². The summed E-state index contributed by atoms with van der Waals surface area (Å²) >= 11 is 0. The molecular weight excluding hydrogens is 241 g/mol. The van der Waals surface area contributed by atoms with Gasteiger partial charge in [-0.1, -0.05) is 27.7 Å². The molecule has 1 fully saturated rings. The van der Waals surface area contributed by atoms with E-state index >= 15 is 0 Å². The van der Waals surface area contributed by atoms with E-state index in [1.54, 1.807) is 12.1 Å². The van der Waals surface area contributed by atoms with Gasteiger partial charge in [0.15, 0.2) is 0 Å². The summed E-state index contributed by atoms with van der Waals surface area (Å²) in [7, 11) is 0. The van der Waals surface area contributed by atoms with Crippen LogP contribution in [0.2, 0.25) is 0 Å². The molecule has 3 heteroatoms. The molecule has 0 aliphatic heterocycles. The number of hydrogen-bond acceptors (Lipinski definition) is 2. The van der Waals surface area contributed by atoms with Gasteiger partial charge in [0.2, 0.25) is 0 Å². The highest BCUT2D eigenvalue weighted by Gasteiger charge is 2.49. The molecule has 2 atom stereocenters. The Labute approximate surface area is 115 Å². The van der Waals surface area contributed by atoms with Gasteiger partial charge in [-0.3, -0.25) is 0 Å². The van der Waals surface area contributed by atoms with Crippen molar-refractivity contribution in [1.82, 2.24) is 0 Å². The molecule has 0 saturated heterocycles. The molecule has 2 nitrogen and oxygen atoms in total. The van der Waals surface area contributed by atoms with Crippen molar-refractivity contribution in [2.45, 2.75) is 46.3 Å². The van der Waals surface area contributed by atoms with Crippen molar-refractivity contribution in [2.24, 2.45) is 11.3 Å². The first kappa shape index (κ1) is 14.3. The topological polar surface area (TPSA) is 21.3 Å². The van der Waals surface area contributed by atoms with Crippen LogP contribution >= 0.6 is 0 Å². The number of anilines is 1. The van der Waals surface area contributed by atoms with Crippen LogP contribution in [0.15, 0.2) is 24.3 Å². The van der Waals surface area contributed by atoms with Gasteiger partial charge in [0.1, 0.15) is 5.82 Å². The lowest BCUT2D eigenvalue weighted by Gasteiger charge is -2.52. The van der Waals surface area contributed by atoms with Crippen LogP contribution in [0.4, 0.5) is 10.1 Å². The van der Waals surface area contributed by atoms with Gasteiger partial charge in [-0.25, -0.2) is 4.39 Å². The minimum atomic E-state index is -0.198. The molecule has 1 aliphatic rings. The van der Waals surface area contributed by atoms with Crippen LogP contribution < -0.4 is 5.32 Å². The molecule has 2 unspecified atom stereocenters. The van der Waals surface area contributed by atoms with Crippen LogP contribution in [0, 0.1) is 17.2 Å². The Morgan fingerprint density at radius 2 is 1.95 bits per heavy atom. The lowest BCUT2D eigenvalue weighted by Crippen LogP contribution is -2.58. The SMILES string of the molecule is CC(C)COC1CC(Nc2ccc(F)cc2)C1(C)C. The second kappa shape index (κ2) is 5.49. The predicted octanol–water partition coefficient (Wildman–Crippen LogP) is 4.08. The standard InChI is InChI=1S/C16H24FNO/c1-11(2)10-19-15-9-14(16(15,3)4)18-13-7-5-12(17)6-8-13/h5-8,11,14-15,18H,9-10H2,1-4H3. The van der Waals surface area contributed by atoms with E-state index in [1.807, 2.05) is 0 Å². The number of nitrogens with one attached hydrogen (secondary N) is 1. The van der Waals surface area contributed by atoms with Gasteiger partial charge in [-0.2, -0.15) is 0 Å². The third-order valence-corrected chi connectivity index (χ3v) is 3.99. The van der Waals surface area contributed by atoms with Crippen LogP contribution in [0.3, 0.4) is 0 Å². The quantitative estimate of drug-likeness (QED) is 0.866. The summed E-state index contributed by atoms with van der Waals surface area (Å²) in [6, 6.07) is 6.93. The van der Waals surface area contributed by atoms with Crippen molar-refractivity contribution in [3.8, 4) is 0 Å². The van der Waals surface area contributed by atoms with Gasteiger partial charge in [0.25, 0.3) is 0 Å². The highest BCUT2D eigenvalue weighted by Crippen LogP contribution is 2.44.